The van der Waals surface area contributed by atoms with Crippen molar-refractivity contribution < 1.29 is 4.48 Å². The summed E-state index contributed by atoms with van der Waals surface area (Å²) >= 11 is 4.32. The highest BCUT2D eigenvalue weighted by atomic mass is 32.1. The van der Waals surface area contributed by atoms with Crippen molar-refractivity contribution in [2.45, 2.75) is 26.2 Å². The van der Waals surface area contributed by atoms with Crippen molar-refractivity contribution in [2.75, 3.05) is 31.9 Å². The van der Waals surface area contributed by atoms with Crippen molar-refractivity contribution in [3.63, 3.8) is 0 Å². The SMILES string of the molecule is CC[N+]1(CCS)CCCCC1. The summed E-state index contributed by atoms with van der Waals surface area (Å²) in [5, 5.41) is 0. The molecule has 0 radical (unpaired) electrons. The van der Waals surface area contributed by atoms with Crippen molar-refractivity contribution in [2.24, 2.45) is 0 Å². The fourth-order valence-corrected chi connectivity index (χ4v) is 2.52. The predicted molar refractivity (Wildman–Crippen MR) is 53.1 cm³/mol. The van der Waals surface area contributed by atoms with Crippen molar-refractivity contribution >= 4 is 12.6 Å². The molecule has 66 valence electrons. The summed E-state index contributed by atoms with van der Waals surface area (Å²) in [5.41, 5.74) is 0. The van der Waals surface area contributed by atoms with Gasteiger partial charge in [0.05, 0.1) is 26.2 Å². The first-order valence-corrected chi connectivity index (χ1v) is 5.42. The second kappa shape index (κ2) is 4.36. The van der Waals surface area contributed by atoms with Crippen LogP contribution in [0.15, 0.2) is 0 Å². The van der Waals surface area contributed by atoms with E-state index in [1.165, 1.54) is 49.9 Å². The molecule has 0 bridgehead atoms. The molecule has 0 saturated carbocycles. The number of likely N-dealkylation sites (tertiary alicyclic amines) is 1. The summed E-state index contributed by atoms with van der Waals surface area (Å²) in [6.07, 6.45) is 4.32. The Hall–Kier alpha value is 0.310. The maximum Gasteiger partial charge on any atom is 0.0875 e. The van der Waals surface area contributed by atoms with Crippen LogP contribution < -0.4 is 0 Å². The van der Waals surface area contributed by atoms with Gasteiger partial charge in [0.2, 0.25) is 0 Å². The molecule has 1 aliphatic heterocycles. The van der Waals surface area contributed by atoms with Gasteiger partial charge in [0, 0.05) is 5.75 Å². The van der Waals surface area contributed by atoms with Gasteiger partial charge in [0.1, 0.15) is 0 Å². The van der Waals surface area contributed by atoms with Gasteiger partial charge in [0.25, 0.3) is 0 Å². The summed E-state index contributed by atoms with van der Waals surface area (Å²) < 4.78 is 1.34. The Balaban J connectivity index is 2.42. The van der Waals surface area contributed by atoms with Crippen LogP contribution in [0.1, 0.15) is 26.2 Å². The number of piperidine rings is 1. The van der Waals surface area contributed by atoms with Gasteiger partial charge in [-0.1, -0.05) is 0 Å². The normalized spacial score (nSPS) is 23.5. The standard InChI is InChI=1S/C9H19NS/c1-2-10(8-9-11)6-4-3-5-7-10/h2-9H2,1H3/p+1. The molecule has 0 aliphatic carbocycles. The monoisotopic (exact) mass is 174 g/mol. The number of rotatable bonds is 3. The predicted octanol–water partition coefficient (Wildman–Crippen LogP) is 1.94. The minimum atomic E-state index is 1.05. The minimum Gasteiger partial charge on any atom is -0.323 e. The zero-order valence-corrected chi connectivity index (χ0v) is 8.45. The van der Waals surface area contributed by atoms with Crippen LogP contribution in [0.25, 0.3) is 0 Å². The Morgan fingerprint density at radius 3 is 2.27 bits per heavy atom. The summed E-state index contributed by atoms with van der Waals surface area (Å²) in [7, 11) is 0. The van der Waals surface area contributed by atoms with Crippen molar-refractivity contribution in [3.8, 4) is 0 Å². The Labute approximate surface area is 75.8 Å². The molecule has 2 heteroatoms. The second-order valence-corrected chi connectivity index (χ2v) is 4.06. The molecule has 0 spiro atoms. The van der Waals surface area contributed by atoms with E-state index in [1.807, 2.05) is 0 Å². The largest absolute Gasteiger partial charge is 0.323 e. The van der Waals surface area contributed by atoms with E-state index >= 15 is 0 Å². The van der Waals surface area contributed by atoms with E-state index in [2.05, 4.69) is 19.6 Å². The van der Waals surface area contributed by atoms with E-state index in [0.29, 0.717) is 0 Å². The van der Waals surface area contributed by atoms with Crippen LogP contribution in [0.2, 0.25) is 0 Å². The number of thiol groups is 1. The summed E-state index contributed by atoms with van der Waals surface area (Å²) in [6, 6.07) is 0. The van der Waals surface area contributed by atoms with Gasteiger partial charge >= 0.3 is 0 Å². The number of nitrogens with zero attached hydrogens (tertiary/aromatic N) is 1. The molecule has 1 nitrogen and oxygen atoms in total. The van der Waals surface area contributed by atoms with Gasteiger partial charge in [-0.3, -0.25) is 0 Å². The highest BCUT2D eigenvalue weighted by molar-refractivity contribution is 7.80. The first-order valence-electron chi connectivity index (χ1n) is 4.79. The summed E-state index contributed by atoms with van der Waals surface area (Å²) in [6.45, 7) is 7.70. The smallest absolute Gasteiger partial charge is 0.0875 e. The van der Waals surface area contributed by atoms with Gasteiger partial charge in [0.15, 0.2) is 0 Å². The van der Waals surface area contributed by atoms with Crippen molar-refractivity contribution in [1.82, 2.24) is 0 Å². The lowest BCUT2D eigenvalue weighted by molar-refractivity contribution is -0.928. The van der Waals surface area contributed by atoms with Crippen LogP contribution in [-0.2, 0) is 0 Å². The lowest BCUT2D eigenvalue weighted by atomic mass is 10.1. The summed E-state index contributed by atoms with van der Waals surface area (Å²) in [5.74, 6) is 1.05. The Bertz CT molecular complexity index is 103. The zero-order valence-electron chi connectivity index (χ0n) is 7.55. The Morgan fingerprint density at radius 1 is 1.18 bits per heavy atom. The van der Waals surface area contributed by atoms with Crippen LogP contribution in [0.4, 0.5) is 0 Å². The molecule has 1 rings (SSSR count). The lowest BCUT2D eigenvalue weighted by Crippen LogP contribution is -2.52. The molecule has 1 aliphatic rings. The van der Waals surface area contributed by atoms with Crippen LogP contribution >= 0.6 is 12.6 Å². The topological polar surface area (TPSA) is 0 Å². The fourth-order valence-electron chi connectivity index (χ4n) is 2.09. The molecule has 1 saturated heterocycles. The number of hydrogen-bond donors (Lipinski definition) is 1. The Morgan fingerprint density at radius 2 is 1.82 bits per heavy atom. The van der Waals surface area contributed by atoms with Gasteiger partial charge in [-0.2, -0.15) is 12.6 Å². The van der Waals surface area contributed by atoms with Crippen molar-refractivity contribution in [1.29, 1.82) is 0 Å². The molecule has 0 aromatic heterocycles. The number of hydrogen-bond acceptors (Lipinski definition) is 1. The van der Waals surface area contributed by atoms with E-state index in [0.717, 1.165) is 5.75 Å². The summed E-state index contributed by atoms with van der Waals surface area (Å²) in [4.78, 5) is 0. The van der Waals surface area contributed by atoms with Gasteiger partial charge in [-0.25, -0.2) is 0 Å². The highest BCUT2D eigenvalue weighted by Crippen LogP contribution is 2.18. The second-order valence-electron chi connectivity index (χ2n) is 3.61. The number of quaternary nitrogens is 1. The maximum absolute atomic E-state index is 4.32. The first kappa shape index (κ1) is 9.40. The van der Waals surface area contributed by atoms with E-state index in [1.54, 1.807) is 0 Å². The van der Waals surface area contributed by atoms with Crippen LogP contribution in [0.5, 0.6) is 0 Å². The average molecular weight is 174 g/mol. The molecule has 1 heterocycles. The lowest BCUT2D eigenvalue weighted by Gasteiger charge is -2.40. The third-order valence-corrected chi connectivity index (χ3v) is 3.21. The van der Waals surface area contributed by atoms with Gasteiger partial charge < -0.3 is 4.48 Å². The average Bonchev–Trinajstić information content (AvgIpc) is 2.07. The molecule has 0 N–H and O–H groups in total. The fraction of sp³-hybridized carbons (Fsp3) is 1.00. The molecule has 0 atom stereocenters. The first-order chi connectivity index (χ1) is 5.33. The quantitative estimate of drug-likeness (QED) is 0.490. The third-order valence-electron chi connectivity index (χ3n) is 3.01. The van der Waals surface area contributed by atoms with Gasteiger partial charge in [-0.15, -0.1) is 0 Å². The Kier molecular flexibility index (Phi) is 3.73. The van der Waals surface area contributed by atoms with E-state index in [-0.39, 0.29) is 0 Å². The third kappa shape index (κ3) is 2.38. The molecule has 0 aromatic carbocycles. The van der Waals surface area contributed by atoms with Crippen LogP contribution in [0, 0.1) is 0 Å². The molecule has 1 fully saturated rings. The minimum absolute atomic E-state index is 1.05. The molecular weight excluding hydrogens is 154 g/mol. The van der Waals surface area contributed by atoms with Crippen molar-refractivity contribution in [3.05, 3.63) is 0 Å². The van der Waals surface area contributed by atoms with E-state index < -0.39 is 0 Å². The van der Waals surface area contributed by atoms with E-state index in [4.69, 9.17) is 0 Å². The maximum atomic E-state index is 4.32. The molecule has 0 amide bonds. The van der Waals surface area contributed by atoms with Crippen LogP contribution in [0.3, 0.4) is 0 Å². The molecule has 11 heavy (non-hydrogen) atoms. The molecule has 0 aromatic rings. The van der Waals surface area contributed by atoms with E-state index in [9.17, 15) is 0 Å². The zero-order chi connectivity index (χ0) is 8.16. The van der Waals surface area contributed by atoms with Gasteiger partial charge in [-0.05, 0) is 26.2 Å². The molecule has 0 unspecified atom stereocenters. The van der Waals surface area contributed by atoms with Crippen LogP contribution in [-0.4, -0.2) is 36.4 Å². The molecular formula is C9H20NS+. The highest BCUT2D eigenvalue weighted by Gasteiger charge is 2.26.